The molecule has 1 aliphatic heterocycles. The lowest BCUT2D eigenvalue weighted by molar-refractivity contribution is 0.186. The molecule has 0 aromatic carbocycles. The minimum absolute atomic E-state index is 0.616. The van der Waals surface area contributed by atoms with Gasteiger partial charge in [0.05, 0.1) is 11.4 Å². The fraction of sp³-hybridized carbons (Fsp3) is 0.538. The first-order valence-corrected chi connectivity index (χ1v) is 7.48. The van der Waals surface area contributed by atoms with Crippen molar-refractivity contribution in [2.45, 2.75) is 25.4 Å². The minimum Gasteiger partial charge on any atom is -0.333 e. The zero-order valence-corrected chi connectivity index (χ0v) is 11.8. The molecule has 0 saturated carbocycles. The van der Waals surface area contributed by atoms with Crippen molar-refractivity contribution in [1.29, 1.82) is 0 Å². The van der Waals surface area contributed by atoms with E-state index in [1.807, 2.05) is 17.5 Å². The summed E-state index contributed by atoms with van der Waals surface area (Å²) in [6.07, 6.45) is 2.37. The fourth-order valence-corrected chi connectivity index (χ4v) is 3.06. The van der Waals surface area contributed by atoms with Crippen LogP contribution in [-0.2, 0) is 6.54 Å². The highest BCUT2D eigenvalue weighted by molar-refractivity contribution is 7.13. The van der Waals surface area contributed by atoms with E-state index in [1.165, 1.54) is 12.8 Å². The Bertz CT molecular complexity index is 504. The molecular weight excluding hydrogens is 260 g/mol. The van der Waals surface area contributed by atoms with Gasteiger partial charge < -0.3 is 9.84 Å². The van der Waals surface area contributed by atoms with Crippen molar-refractivity contribution in [3.8, 4) is 10.8 Å². The van der Waals surface area contributed by atoms with E-state index in [0.29, 0.717) is 11.9 Å². The number of piperidine rings is 1. The van der Waals surface area contributed by atoms with Gasteiger partial charge in [0.2, 0.25) is 0 Å². The Kier molecular flexibility index (Phi) is 3.91. The molecule has 0 spiro atoms. The van der Waals surface area contributed by atoms with Crippen LogP contribution in [0.4, 0.5) is 0 Å². The van der Waals surface area contributed by atoms with Crippen LogP contribution in [0.2, 0.25) is 0 Å². The summed E-state index contributed by atoms with van der Waals surface area (Å²) in [5, 5.41) is 9.47. The average Bonchev–Trinajstić information content (AvgIpc) is 3.10. The molecule has 0 aliphatic carbocycles. The molecule has 2 aromatic heterocycles. The van der Waals surface area contributed by atoms with E-state index < -0.39 is 0 Å². The molecular formula is C13H18N4OS. The minimum atomic E-state index is 0.616. The van der Waals surface area contributed by atoms with Crippen LogP contribution < -0.4 is 5.32 Å². The number of nitrogens with one attached hydrogen (secondary N) is 1. The van der Waals surface area contributed by atoms with Gasteiger partial charge >= 0.3 is 0 Å². The molecule has 5 nitrogen and oxygen atoms in total. The Balaban J connectivity index is 1.63. The smallest absolute Gasteiger partial charge is 0.268 e. The molecule has 2 aromatic rings. The molecule has 3 heterocycles. The quantitative estimate of drug-likeness (QED) is 0.927. The topological polar surface area (TPSA) is 54.2 Å². The van der Waals surface area contributed by atoms with Crippen molar-refractivity contribution in [3.63, 3.8) is 0 Å². The van der Waals surface area contributed by atoms with Crippen LogP contribution in [0.1, 0.15) is 18.7 Å². The second-order valence-corrected chi connectivity index (χ2v) is 5.84. The molecule has 0 atom stereocenters. The van der Waals surface area contributed by atoms with Crippen molar-refractivity contribution >= 4 is 11.3 Å². The molecule has 0 amide bonds. The number of thiophene rings is 1. The first-order valence-electron chi connectivity index (χ1n) is 6.60. The highest BCUT2D eigenvalue weighted by Crippen LogP contribution is 2.23. The van der Waals surface area contributed by atoms with E-state index in [9.17, 15) is 0 Å². The summed E-state index contributed by atoms with van der Waals surface area (Å²) in [4.78, 5) is 7.82. The van der Waals surface area contributed by atoms with Crippen molar-refractivity contribution in [3.05, 3.63) is 23.3 Å². The van der Waals surface area contributed by atoms with Crippen molar-refractivity contribution in [2.24, 2.45) is 0 Å². The summed E-state index contributed by atoms with van der Waals surface area (Å²) in [5.74, 6) is 1.40. The van der Waals surface area contributed by atoms with E-state index >= 15 is 0 Å². The van der Waals surface area contributed by atoms with Crippen LogP contribution in [0.5, 0.6) is 0 Å². The second-order valence-electron chi connectivity index (χ2n) is 4.89. The van der Waals surface area contributed by atoms with Crippen molar-refractivity contribution in [2.75, 3.05) is 20.1 Å². The summed E-state index contributed by atoms with van der Waals surface area (Å²) < 4.78 is 5.31. The first kappa shape index (κ1) is 12.8. The van der Waals surface area contributed by atoms with E-state index in [4.69, 9.17) is 4.52 Å². The lowest BCUT2D eigenvalue weighted by Crippen LogP contribution is -2.40. The average molecular weight is 278 g/mol. The van der Waals surface area contributed by atoms with Gasteiger partial charge in [-0.15, -0.1) is 11.3 Å². The van der Waals surface area contributed by atoms with Crippen molar-refractivity contribution in [1.82, 2.24) is 20.4 Å². The largest absolute Gasteiger partial charge is 0.333 e. The van der Waals surface area contributed by atoms with Gasteiger partial charge in [0.1, 0.15) is 0 Å². The second kappa shape index (κ2) is 5.81. The third-order valence-corrected chi connectivity index (χ3v) is 4.38. The Morgan fingerprint density at radius 1 is 1.47 bits per heavy atom. The predicted molar refractivity (Wildman–Crippen MR) is 75.0 cm³/mol. The monoisotopic (exact) mass is 278 g/mol. The van der Waals surface area contributed by atoms with E-state index in [-0.39, 0.29) is 0 Å². The van der Waals surface area contributed by atoms with Crippen LogP contribution in [0.25, 0.3) is 10.8 Å². The number of rotatable bonds is 4. The third-order valence-electron chi connectivity index (χ3n) is 3.52. The van der Waals surface area contributed by atoms with Crippen LogP contribution in [-0.4, -0.2) is 41.2 Å². The van der Waals surface area contributed by atoms with Gasteiger partial charge in [-0.2, -0.15) is 4.98 Å². The van der Waals surface area contributed by atoms with Crippen LogP contribution in [0, 0.1) is 0 Å². The first-order chi connectivity index (χ1) is 9.33. The van der Waals surface area contributed by atoms with Gasteiger partial charge in [-0.25, -0.2) is 0 Å². The molecule has 3 rings (SSSR count). The molecule has 0 unspecified atom stereocenters. The lowest BCUT2D eigenvalue weighted by atomic mass is 10.1. The van der Waals surface area contributed by atoms with Gasteiger partial charge in [0, 0.05) is 6.04 Å². The van der Waals surface area contributed by atoms with E-state index in [0.717, 1.165) is 30.3 Å². The molecule has 1 fully saturated rings. The molecule has 6 heteroatoms. The molecule has 0 bridgehead atoms. The maximum absolute atomic E-state index is 5.31. The summed E-state index contributed by atoms with van der Waals surface area (Å²) in [7, 11) is 2.14. The molecule has 1 N–H and O–H groups in total. The third kappa shape index (κ3) is 3.02. The summed E-state index contributed by atoms with van der Waals surface area (Å²) in [6, 6.07) is 4.61. The summed E-state index contributed by atoms with van der Waals surface area (Å²) >= 11 is 1.62. The van der Waals surface area contributed by atoms with Gasteiger partial charge in [-0.3, -0.25) is 4.90 Å². The molecule has 1 aliphatic rings. The Labute approximate surface area is 116 Å². The molecule has 0 radical (unpaired) electrons. The Morgan fingerprint density at radius 3 is 3.05 bits per heavy atom. The van der Waals surface area contributed by atoms with Gasteiger partial charge in [0.15, 0.2) is 5.82 Å². The maximum Gasteiger partial charge on any atom is 0.268 e. The lowest BCUT2D eigenvalue weighted by Gasteiger charge is -2.30. The maximum atomic E-state index is 5.31. The number of hydrogen-bond donors (Lipinski definition) is 1. The van der Waals surface area contributed by atoms with Crippen molar-refractivity contribution < 1.29 is 4.52 Å². The number of aromatic nitrogens is 2. The predicted octanol–water partition coefficient (Wildman–Crippen LogP) is 1.98. The Morgan fingerprint density at radius 2 is 2.32 bits per heavy atom. The highest BCUT2D eigenvalue weighted by Gasteiger charge is 2.19. The Hall–Kier alpha value is -1.24. The summed E-state index contributed by atoms with van der Waals surface area (Å²) in [6.45, 7) is 2.95. The van der Waals surface area contributed by atoms with Gasteiger partial charge in [-0.1, -0.05) is 11.2 Å². The van der Waals surface area contributed by atoms with E-state index in [2.05, 4.69) is 27.4 Å². The van der Waals surface area contributed by atoms with Crippen LogP contribution >= 0.6 is 11.3 Å². The molecule has 1 saturated heterocycles. The zero-order valence-electron chi connectivity index (χ0n) is 11.0. The van der Waals surface area contributed by atoms with Gasteiger partial charge in [-0.05, 0) is 44.4 Å². The SMILES string of the molecule is CN(Cc1noc(-c2cccs2)n1)C1CCNCC1. The van der Waals surface area contributed by atoms with Crippen LogP contribution in [0.3, 0.4) is 0 Å². The fourth-order valence-electron chi connectivity index (χ4n) is 2.42. The number of hydrogen-bond acceptors (Lipinski definition) is 6. The number of nitrogens with zero attached hydrogens (tertiary/aromatic N) is 3. The van der Waals surface area contributed by atoms with E-state index in [1.54, 1.807) is 11.3 Å². The standard InChI is InChI=1S/C13H18N4OS/c1-17(10-4-6-14-7-5-10)9-12-15-13(18-16-12)11-3-2-8-19-11/h2-3,8,10,14H,4-7,9H2,1H3. The highest BCUT2D eigenvalue weighted by atomic mass is 32.1. The normalized spacial score (nSPS) is 17.2. The van der Waals surface area contributed by atoms with Gasteiger partial charge in [0.25, 0.3) is 5.89 Å². The molecule has 19 heavy (non-hydrogen) atoms. The summed E-state index contributed by atoms with van der Waals surface area (Å²) in [5.41, 5.74) is 0. The van der Waals surface area contributed by atoms with Crippen LogP contribution in [0.15, 0.2) is 22.0 Å². The zero-order chi connectivity index (χ0) is 13.1. The molecule has 102 valence electrons.